The summed E-state index contributed by atoms with van der Waals surface area (Å²) in [5, 5.41) is 0. The Hall–Kier alpha value is -1.82. The largest absolute Gasteiger partial charge is 0.462 e. The zero-order valence-corrected chi connectivity index (χ0v) is 12.3. The SMILES string of the molecule is CCOC(=O)c1cc(N)cnc1N1CCN(C)CC1C. The number of pyridine rings is 1. The fourth-order valence-corrected chi connectivity index (χ4v) is 2.52. The standard InChI is InChI=1S/C14H22N4O2/c1-4-20-14(19)12-7-11(15)8-16-13(12)18-6-5-17(3)9-10(18)2/h7-8,10H,4-6,9,15H2,1-3H3. The Balaban J connectivity index is 2.33. The van der Waals surface area contributed by atoms with Gasteiger partial charge in [-0.15, -0.1) is 0 Å². The van der Waals surface area contributed by atoms with Crippen molar-refractivity contribution < 1.29 is 9.53 Å². The fraction of sp³-hybridized carbons (Fsp3) is 0.571. The topological polar surface area (TPSA) is 71.7 Å². The number of hydrogen-bond acceptors (Lipinski definition) is 6. The predicted molar refractivity (Wildman–Crippen MR) is 78.9 cm³/mol. The van der Waals surface area contributed by atoms with Gasteiger partial charge in [0.15, 0.2) is 0 Å². The summed E-state index contributed by atoms with van der Waals surface area (Å²) in [7, 11) is 2.09. The van der Waals surface area contributed by atoms with Crippen molar-refractivity contribution in [3.05, 3.63) is 17.8 Å². The van der Waals surface area contributed by atoms with E-state index in [1.807, 2.05) is 0 Å². The van der Waals surface area contributed by atoms with Gasteiger partial charge < -0.3 is 20.3 Å². The van der Waals surface area contributed by atoms with Crippen LogP contribution in [-0.4, -0.2) is 55.2 Å². The molecule has 110 valence electrons. The van der Waals surface area contributed by atoms with Crippen LogP contribution in [0.5, 0.6) is 0 Å². The number of piperazine rings is 1. The van der Waals surface area contributed by atoms with Gasteiger partial charge in [0.05, 0.1) is 18.5 Å². The molecule has 0 amide bonds. The Bertz CT molecular complexity index is 492. The summed E-state index contributed by atoms with van der Waals surface area (Å²) in [6.07, 6.45) is 1.59. The number of likely N-dealkylation sites (N-methyl/N-ethyl adjacent to an activating group) is 1. The van der Waals surface area contributed by atoms with Crippen LogP contribution in [0, 0.1) is 0 Å². The number of esters is 1. The van der Waals surface area contributed by atoms with Crippen molar-refractivity contribution in [1.82, 2.24) is 9.88 Å². The third-order valence-corrected chi connectivity index (χ3v) is 3.49. The number of carbonyl (C=O) groups is 1. The van der Waals surface area contributed by atoms with E-state index in [4.69, 9.17) is 10.5 Å². The molecule has 0 aliphatic carbocycles. The molecule has 2 heterocycles. The molecule has 1 fully saturated rings. The lowest BCUT2D eigenvalue weighted by molar-refractivity contribution is 0.0526. The molecule has 0 bridgehead atoms. The minimum Gasteiger partial charge on any atom is -0.462 e. The first kappa shape index (κ1) is 14.6. The molecule has 6 heteroatoms. The summed E-state index contributed by atoms with van der Waals surface area (Å²) >= 11 is 0. The first-order chi connectivity index (χ1) is 9.52. The zero-order valence-electron chi connectivity index (χ0n) is 12.3. The first-order valence-corrected chi connectivity index (χ1v) is 6.90. The van der Waals surface area contributed by atoms with Gasteiger partial charge in [0.1, 0.15) is 11.4 Å². The van der Waals surface area contributed by atoms with Crippen LogP contribution in [0.4, 0.5) is 11.5 Å². The van der Waals surface area contributed by atoms with Crippen LogP contribution in [0.3, 0.4) is 0 Å². The third kappa shape index (κ3) is 3.01. The Kier molecular flexibility index (Phi) is 4.44. The monoisotopic (exact) mass is 278 g/mol. The second kappa shape index (κ2) is 6.09. The normalized spacial score (nSPS) is 19.9. The van der Waals surface area contributed by atoms with Crippen molar-refractivity contribution in [3.8, 4) is 0 Å². The molecule has 1 atom stereocenters. The number of aromatic nitrogens is 1. The summed E-state index contributed by atoms with van der Waals surface area (Å²) < 4.78 is 5.10. The molecule has 6 nitrogen and oxygen atoms in total. The number of nitrogens with two attached hydrogens (primary N) is 1. The highest BCUT2D eigenvalue weighted by Crippen LogP contribution is 2.24. The van der Waals surface area contributed by atoms with Crippen LogP contribution in [0.25, 0.3) is 0 Å². The lowest BCUT2D eigenvalue weighted by Crippen LogP contribution is -2.51. The van der Waals surface area contributed by atoms with Gasteiger partial charge in [0.25, 0.3) is 0 Å². The van der Waals surface area contributed by atoms with E-state index < -0.39 is 0 Å². The molecule has 1 saturated heterocycles. The minimum absolute atomic E-state index is 0.290. The van der Waals surface area contributed by atoms with Crippen molar-refractivity contribution >= 4 is 17.5 Å². The number of nitrogens with zero attached hydrogens (tertiary/aromatic N) is 3. The maximum absolute atomic E-state index is 12.1. The summed E-state index contributed by atoms with van der Waals surface area (Å²) in [4.78, 5) is 20.8. The molecule has 20 heavy (non-hydrogen) atoms. The number of hydrogen-bond donors (Lipinski definition) is 1. The average molecular weight is 278 g/mol. The van der Waals surface area contributed by atoms with Crippen LogP contribution < -0.4 is 10.6 Å². The van der Waals surface area contributed by atoms with E-state index in [-0.39, 0.29) is 12.0 Å². The predicted octanol–water partition coefficient (Wildman–Crippen LogP) is 0.981. The van der Waals surface area contributed by atoms with Gasteiger partial charge in [-0.05, 0) is 27.0 Å². The van der Waals surface area contributed by atoms with E-state index >= 15 is 0 Å². The van der Waals surface area contributed by atoms with Gasteiger partial charge in [0, 0.05) is 25.7 Å². The molecular formula is C14H22N4O2. The quantitative estimate of drug-likeness (QED) is 0.831. The highest BCUT2D eigenvalue weighted by molar-refractivity contribution is 5.95. The number of nitrogen functional groups attached to an aromatic ring is 1. The molecule has 2 rings (SSSR count). The van der Waals surface area contributed by atoms with Crippen LogP contribution in [-0.2, 0) is 4.74 Å². The summed E-state index contributed by atoms with van der Waals surface area (Å²) in [5.74, 6) is 0.298. The Morgan fingerprint density at radius 3 is 2.95 bits per heavy atom. The van der Waals surface area contributed by atoms with E-state index in [0.29, 0.717) is 23.7 Å². The number of ether oxygens (including phenoxy) is 1. The van der Waals surface area contributed by atoms with Crippen LogP contribution in [0.2, 0.25) is 0 Å². The van der Waals surface area contributed by atoms with Crippen molar-refractivity contribution in [2.45, 2.75) is 19.9 Å². The summed E-state index contributed by atoms with van der Waals surface area (Å²) in [6.45, 7) is 6.97. The highest BCUT2D eigenvalue weighted by atomic mass is 16.5. The van der Waals surface area contributed by atoms with Gasteiger partial charge in [-0.2, -0.15) is 0 Å². The molecule has 0 saturated carbocycles. The average Bonchev–Trinajstić information content (AvgIpc) is 2.39. The van der Waals surface area contributed by atoms with Crippen LogP contribution >= 0.6 is 0 Å². The molecular weight excluding hydrogens is 256 g/mol. The van der Waals surface area contributed by atoms with Gasteiger partial charge in [0.2, 0.25) is 0 Å². The molecule has 2 N–H and O–H groups in total. The Morgan fingerprint density at radius 1 is 1.55 bits per heavy atom. The van der Waals surface area contributed by atoms with Crippen LogP contribution in [0.15, 0.2) is 12.3 Å². The van der Waals surface area contributed by atoms with Crippen molar-refractivity contribution in [1.29, 1.82) is 0 Å². The molecule has 1 aromatic heterocycles. The van der Waals surface area contributed by atoms with E-state index in [9.17, 15) is 4.79 Å². The molecule has 1 aromatic rings. The lowest BCUT2D eigenvalue weighted by atomic mass is 10.1. The molecule has 0 aromatic carbocycles. The molecule has 1 aliphatic heterocycles. The van der Waals surface area contributed by atoms with Gasteiger partial charge in [-0.25, -0.2) is 9.78 Å². The van der Waals surface area contributed by atoms with E-state index in [1.54, 1.807) is 19.2 Å². The highest BCUT2D eigenvalue weighted by Gasteiger charge is 2.27. The number of carbonyl (C=O) groups excluding carboxylic acids is 1. The smallest absolute Gasteiger partial charge is 0.341 e. The maximum Gasteiger partial charge on any atom is 0.341 e. The second-order valence-electron chi connectivity index (χ2n) is 5.16. The molecule has 1 aliphatic rings. The zero-order chi connectivity index (χ0) is 14.7. The molecule has 0 radical (unpaired) electrons. The Morgan fingerprint density at radius 2 is 2.30 bits per heavy atom. The van der Waals surface area contributed by atoms with Gasteiger partial charge in [-0.1, -0.05) is 0 Å². The van der Waals surface area contributed by atoms with E-state index in [0.717, 1.165) is 19.6 Å². The Labute approximate surface area is 119 Å². The number of rotatable bonds is 3. The molecule has 0 spiro atoms. The minimum atomic E-state index is -0.367. The number of anilines is 2. The second-order valence-corrected chi connectivity index (χ2v) is 5.16. The summed E-state index contributed by atoms with van der Waals surface area (Å²) in [5.41, 5.74) is 6.67. The van der Waals surface area contributed by atoms with Crippen LogP contribution in [0.1, 0.15) is 24.2 Å². The maximum atomic E-state index is 12.1. The van der Waals surface area contributed by atoms with Crippen molar-refractivity contribution in [3.63, 3.8) is 0 Å². The summed E-state index contributed by atoms with van der Waals surface area (Å²) in [6, 6.07) is 1.93. The third-order valence-electron chi connectivity index (χ3n) is 3.49. The first-order valence-electron chi connectivity index (χ1n) is 6.90. The fourth-order valence-electron chi connectivity index (χ4n) is 2.52. The van der Waals surface area contributed by atoms with Gasteiger partial charge >= 0.3 is 5.97 Å². The van der Waals surface area contributed by atoms with Gasteiger partial charge in [-0.3, -0.25) is 0 Å². The van der Waals surface area contributed by atoms with E-state index in [2.05, 4.69) is 28.8 Å². The van der Waals surface area contributed by atoms with Crippen molar-refractivity contribution in [2.24, 2.45) is 0 Å². The lowest BCUT2D eigenvalue weighted by Gasteiger charge is -2.39. The molecule has 1 unspecified atom stereocenters. The van der Waals surface area contributed by atoms with E-state index in [1.165, 1.54) is 0 Å². The van der Waals surface area contributed by atoms with Crippen molar-refractivity contribution in [2.75, 3.05) is 43.9 Å².